The highest BCUT2D eigenvalue weighted by atomic mass is 79.9. The van der Waals surface area contributed by atoms with Crippen LogP contribution in [0.4, 0.5) is 0 Å². The number of benzene rings is 2. The molecule has 0 bridgehead atoms. The predicted octanol–water partition coefficient (Wildman–Crippen LogP) is 5.78. The predicted molar refractivity (Wildman–Crippen MR) is 98.4 cm³/mol. The smallest absolute Gasteiger partial charge is 0.343 e. The van der Waals surface area contributed by atoms with Crippen LogP contribution in [-0.2, 0) is 6.42 Å². The van der Waals surface area contributed by atoms with Crippen molar-refractivity contribution < 1.29 is 14.3 Å². The largest absolute Gasteiger partial charge is 0.492 e. The number of carbonyl (C=O) groups is 1. The van der Waals surface area contributed by atoms with Crippen molar-refractivity contribution in [3.63, 3.8) is 0 Å². The minimum Gasteiger partial charge on any atom is -0.492 e. The van der Waals surface area contributed by atoms with E-state index in [1.807, 2.05) is 19.1 Å². The molecule has 3 nitrogen and oxygen atoms in total. The van der Waals surface area contributed by atoms with Gasteiger partial charge in [0.1, 0.15) is 11.5 Å². The number of aryl methyl sites for hydroxylation is 1. The maximum absolute atomic E-state index is 12.3. The topological polar surface area (TPSA) is 35.5 Å². The lowest BCUT2D eigenvalue weighted by Crippen LogP contribution is -2.09. The van der Waals surface area contributed by atoms with Gasteiger partial charge in [-0.15, -0.1) is 0 Å². The lowest BCUT2D eigenvalue weighted by Gasteiger charge is -2.10. The van der Waals surface area contributed by atoms with Gasteiger partial charge in [-0.05, 0) is 80.6 Å². The maximum atomic E-state index is 12.3. The summed E-state index contributed by atoms with van der Waals surface area (Å²) < 4.78 is 12.5. The Morgan fingerprint density at radius 3 is 2.30 bits per heavy atom. The minimum absolute atomic E-state index is 0.405. The van der Waals surface area contributed by atoms with Crippen LogP contribution in [0.15, 0.2) is 45.3 Å². The first-order chi connectivity index (χ1) is 11.0. The first kappa shape index (κ1) is 18.0. The molecule has 0 atom stereocenters. The van der Waals surface area contributed by atoms with E-state index in [1.54, 1.807) is 24.3 Å². The molecule has 0 aromatic heterocycles. The SMILES string of the molecule is CCCOc1ccc(C(=O)Oc2ccc(CC)cc2Br)cc1Br. The van der Waals surface area contributed by atoms with Crippen molar-refractivity contribution in [3.8, 4) is 11.5 Å². The van der Waals surface area contributed by atoms with Gasteiger partial charge in [0.15, 0.2) is 0 Å². The minimum atomic E-state index is -0.405. The van der Waals surface area contributed by atoms with E-state index in [0.29, 0.717) is 17.9 Å². The average Bonchev–Trinajstić information content (AvgIpc) is 2.55. The van der Waals surface area contributed by atoms with Crippen LogP contribution in [0.3, 0.4) is 0 Å². The molecular weight excluding hydrogens is 424 g/mol. The zero-order chi connectivity index (χ0) is 16.8. The lowest BCUT2D eigenvalue weighted by atomic mass is 10.2. The number of halogens is 2. The molecule has 0 saturated carbocycles. The Kier molecular flexibility index (Phi) is 6.66. The molecule has 122 valence electrons. The van der Waals surface area contributed by atoms with Crippen LogP contribution in [0.5, 0.6) is 11.5 Å². The Morgan fingerprint density at radius 1 is 1.00 bits per heavy atom. The van der Waals surface area contributed by atoms with E-state index in [2.05, 4.69) is 38.8 Å². The van der Waals surface area contributed by atoms with Gasteiger partial charge in [-0.2, -0.15) is 0 Å². The van der Waals surface area contributed by atoms with Crippen LogP contribution in [0.1, 0.15) is 36.2 Å². The number of ether oxygens (including phenoxy) is 2. The fourth-order valence-electron chi connectivity index (χ4n) is 1.96. The first-order valence-electron chi connectivity index (χ1n) is 7.48. The van der Waals surface area contributed by atoms with Crippen molar-refractivity contribution >= 4 is 37.8 Å². The Bertz CT molecular complexity index is 699. The maximum Gasteiger partial charge on any atom is 0.343 e. The summed E-state index contributed by atoms with van der Waals surface area (Å²) in [7, 11) is 0. The number of rotatable bonds is 6. The van der Waals surface area contributed by atoms with Gasteiger partial charge in [-0.3, -0.25) is 0 Å². The third-order valence-electron chi connectivity index (χ3n) is 3.24. The summed E-state index contributed by atoms with van der Waals surface area (Å²) in [6.45, 7) is 4.76. The van der Waals surface area contributed by atoms with Crippen molar-refractivity contribution in [3.05, 3.63) is 56.5 Å². The summed E-state index contributed by atoms with van der Waals surface area (Å²) in [6, 6.07) is 10.9. The van der Waals surface area contributed by atoms with Crippen molar-refractivity contribution in [1.29, 1.82) is 0 Å². The third-order valence-corrected chi connectivity index (χ3v) is 4.48. The van der Waals surface area contributed by atoms with Crippen molar-refractivity contribution in [2.45, 2.75) is 26.7 Å². The Balaban J connectivity index is 2.13. The van der Waals surface area contributed by atoms with Crippen molar-refractivity contribution in [2.75, 3.05) is 6.61 Å². The molecule has 0 spiro atoms. The molecule has 2 rings (SSSR count). The molecular formula is C18H18Br2O3. The molecule has 0 unspecified atom stereocenters. The molecule has 0 amide bonds. The van der Waals surface area contributed by atoms with Crippen LogP contribution < -0.4 is 9.47 Å². The number of hydrogen-bond donors (Lipinski definition) is 0. The second-order valence-corrected chi connectivity index (χ2v) is 6.71. The zero-order valence-corrected chi connectivity index (χ0v) is 16.2. The van der Waals surface area contributed by atoms with E-state index in [1.165, 1.54) is 5.56 Å². The van der Waals surface area contributed by atoms with Gasteiger partial charge in [0, 0.05) is 0 Å². The highest BCUT2D eigenvalue weighted by Gasteiger charge is 2.13. The molecule has 0 aliphatic rings. The normalized spacial score (nSPS) is 10.4. The summed E-state index contributed by atoms with van der Waals surface area (Å²) in [4.78, 5) is 12.3. The Labute approximate surface area is 153 Å². The third kappa shape index (κ3) is 4.82. The van der Waals surface area contributed by atoms with E-state index in [0.717, 1.165) is 27.5 Å². The van der Waals surface area contributed by atoms with E-state index < -0.39 is 5.97 Å². The number of esters is 1. The standard InChI is InChI=1S/C18H18Br2O3/c1-3-9-22-16-8-6-13(11-15(16)20)18(21)23-17-7-5-12(4-2)10-14(17)19/h5-8,10-11H,3-4,9H2,1-2H3. The number of carbonyl (C=O) groups excluding carboxylic acids is 1. The van der Waals surface area contributed by atoms with E-state index in [9.17, 15) is 4.79 Å². The summed E-state index contributed by atoms with van der Waals surface area (Å²) in [6.07, 6.45) is 1.86. The lowest BCUT2D eigenvalue weighted by molar-refractivity contribution is 0.0733. The van der Waals surface area contributed by atoms with Gasteiger partial charge in [0.05, 0.1) is 21.1 Å². The fraction of sp³-hybridized carbons (Fsp3) is 0.278. The van der Waals surface area contributed by atoms with Crippen molar-refractivity contribution in [1.82, 2.24) is 0 Å². The van der Waals surface area contributed by atoms with Gasteiger partial charge in [0.2, 0.25) is 0 Å². The van der Waals surface area contributed by atoms with Crippen LogP contribution in [0, 0.1) is 0 Å². The van der Waals surface area contributed by atoms with Crippen LogP contribution in [0.2, 0.25) is 0 Å². The van der Waals surface area contributed by atoms with Gasteiger partial charge in [-0.25, -0.2) is 4.79 Å². The second-order valence-electron chi connectivity index (χ2n) is 5.00. The Morgan fingerprint density at radius 2 is 1.70 bits per heavy atom. The first-order valence-corrected chi connectivity index (χ1v) is 9.06. The summed E-state index contributed by atoms with van der Waals surface area (Å²) in [5.41, 5.74) is 1.64. The van der Waals surface area contributed by atoms with Crippen LogP contribution in [-0.4, -0.2) is 12.6 Å². The van der Waals surface area contributed by atoms with E-state index >= 15 is 0 Å². The molecule has 5 heteroatoms. The van der Waals surface area contributed by atoms with E-state index in [4.69, 9.17) is 9.47 Å². The highest BCUT2D eigenvalue weighted by molar-refractivity contribution is 9.10. The molecule has 0 N–H and O–H groups in total. The van der Waals surface area contributed by atoms with Gasteiger partial charge < -0.3 is 9.47 Å². The molecule has 0 aliphatic carbocycles. The quantitative estimate of drug-likeness (QED) is 0.420. The Hall–Kier alpha value is -1.33. The fourth-order valence-corrected chi connectivity index (χ4v) is 2.96. The monoisotopic (exact) mass is 440 g/mol. The molecule has 0 fully saturated rings. The molecule has 2 aromatic rings. The zero-order valence-electron chi connectivity index (χ0n) is 13.1. The summed E-state index contributed by atoms with van der Waals surface area (Å²) in [5, 5.41) is 0. The van der Waals surface area contributed by atoms with Gasteiger partial charge in [-0.1, -0.05) is 19.9 Å². The molecule has 0 saturated heterocycles. The van der Waals surface area contributed by atoms with Gasteiger partial charge in [0.25, 0.3) is 0 Å². The second kappa shape index (κ2) is 8.50. The molecule has 23 heavy (non-hydrogen) atoms. The summed E-state index contributed by atoms with van der Waals surface area (Å²) in [5.74, 6) is 0.823. The molecule has 0 heterocycles. The summed E-state index contributed by atoms with van der Waals surface area (Å²) >= 11 is 6.86. The van der Waals surface area contributed by atoms with Crippen molar-refractivity contribution in [2.24, 2.45) is 0 Å². The van der Waals surface area contributed by atoms with E-state index in [-0.39, 0.29) is 0 Å². The molecule has 0 aliphatic heterocycles. The molecule has 0 radical (unpaired) electrons. The van der Waals surface area contributed by atoms with Crippen LogP contribution >= 0.6 is 31.9 Å². The number of hydrogen-bond acceptors (Lipinski definition) is 3. The average molecular weight is 442 g/mol. The van der Waals surface area contributed by atoms with Gasteiger partial charge >= 0.3 is 5.97 Å². The highest BCUT2D eigenvalue weighted by Crippen LogP contribution is 2.29. The van der Waals surface area contributed by atoms with Crippen LogP contribution in [0.25, 0.3) is 0 Å². The molecule has 2 aromatic carbocycles.